The fraction of sp³-hybridized carbons (Fsp3) is 0.333. The molecular formula is C12H13FN4O2. The Balaban J connectivity index is 2.23. The van der Waals surface area contributed by atoms with Gasteiger partial charge in [-0.3, -0.25) is 4.79 Å². The van der Waals surface area contributed by atoms with Gasteiger partial charge in [0.15, 0.2) is 5.82 Å². The Labute approximate surface area is 108 Å². The Morgan fingerprint density at radius 3 is 3.00 bits per heavy atom. The van der Waals surface area contributed by atoms with Crippen molar-refractivity contribution in [2.45, 2.75) is 26.3 Å². The van der Waals surface area contributed by atoms with E-state index < -0.39 is 5.97 Å². The molecule has 2 rings (SSSR count). The monoisotopic (exact) mass is 264 g/mol. The quantitative estimate of drug-likeness (QED) is 0.888. The smallest absolute Gasteiger partial charge is 0.303 e. The van der Waals surface area contributed by atoms with Gasteiger partial charge in [-0.1, -0.05) is 6.07 Å². The van der Waals surface area contributed by atoms with E-state index in [1.54, 1.807) is 6.07 Å². The van der Waals surface area contributed by atoms with Crippen LogP contribution in [0.25, 0.3) is 11.4 Å². The molecule has 0 fully saturated rings. The number of nitrogens with zero attached hydrogens (tertiary/aromatic N) is 4. The van der Waals surface area contributed by atoms with E-state index in [1.807, 2.05) is 6.92 Å². The second-order valence-electron chi connectivity index (χ2n) is 4.18. The van der Waals surface area contributed by atoms with E-state index in [4.69, 9.17) is 5.11 Å². The number of tetrazole rings is 1. The normalized spacial score (nSPS) is 10.6. The van der Waals surface area contributed by atoms with Gasteiger partial charge in [-0.25, -0.2) is 9.07 Å². The lowest BCUT2D eigenvalue weighted by Crippen LogP contribution is -2.06. The summed E-state index contributed by atoms with van der Waals surface area (Å²) in [6.07, 6.45) is 0.461. The van der Waals surface area contributed by atoms with Crippen LogP contribution < -0.4 is 0 Å². The van der Waals surface area contributed by atoms with Crippen LogP contribution >= 0.6 is 0 Å². The lowest BCUT2D eigenvalue weighted by atomic mass is 10.1. The number of carboxylic acid groups (broad SMARTS) is 1. The molecule has 19 heavy (non-hydrogen) atoms. The van der Waals surface area contributed by atoms with E-state index in [0.717, 1.165) is 5.56 Å². The third-order valence-corrected chi connectivity index (χ3v) is 2.73. The van der Waals surface area contributed by atoms with E-state index in [1.165, 1.54) is 16.8 Å². The molecule has 0 radical (unpaired) electrons. The predicted molar refractivity (Wildman–Crippen MR) is 64.8 cm³/mol. The van der Waals surface area contributed by atoms with Gasteiger partial charge >= 0.3 is 5.97 Å². The highest BCUT2D eigenvalue weighted by Crippen LogP contribution is 2.21. The van der Waals surface area contributed by atoms with Gasteiger partial charge in [0.05, 0.1) is 0 Å². The number of halogens is 1. The first-order valence-corrected chi connectivity index (χ1v) is 5.82. The fourth-order valence-corrected chi connectivity index (χ4v) is 1.76. The average molecular weight is 264 g/mol. The standard InChI is InChI=1S/C12H13FN4O2/c1-8-4-5-9(13)7-10(8)12-14-15-16-17(12)6-2-3-11(18)19/h4-5,7H,2-3,6H2,1H3,(H,18,19). The Bertz CT molecular complexity index is 597. The van der Waals surface area contributed by atoms with Crippen LogP contribution in [0.1, 0.15) is 18.4 Å². The van der Waals surface area contributed by atoms with Crippen LogP contribution in [0, 0.1) is 12.7 Å². The Morgan fingerprint density at radius 2 is 2.26 bits per heavy atom. The Kier molecular flexibility index (Phi) is 3.84. The molecular weight excluding hydrogens is 251 g/mol. The summed E-state index contributed by atoms with van der Waals surface area (Å²) in [5.41, 5.74) is 1.47. The lowest BCUT2D eigenvalue weighted by molar-refractivity contribution is -0.137. The van der Waals surface area contributed by atoms with Crippen LogP contribution in [0.2, 0.25) is 0 Å². The number of benzene rings is 1. The highest BCUT2D eigenvalue weighted by Gasteiger charge is 2.12. The number of hydrogen-bond acceptors (Lipinski definition) is 4. The molecule has 1 heterocycles. The maximum absolute atomic E-state index is 13.3. The zero-order chi connectivity index (χ0) is 13.8. The van der Waals surface area contributed by atoms with Gasteiger partial charge in [0.25, 0.3) is 0 Å². The first-order valence-electron chi connectivity index (χ1n) is 5.82. The molecule has 1 N–H and O–H groups in total. The first-order chi connectivity index (χ1) is 9.08. The molecule has 0 atom stereocenters. The maximum atomic E-state index is 13.3. The Morgan fingerprint density at radius 1 is 1.47 bits per heavy atom. The van der Waals surface area contributed by atoms with Gasteiger partial charge in [-0.05, 0) is 41.5 Å². The number of rotatable bonds is 5. The minimum atomic E-state index is -0.864. The molecule has 1 aromatic heterocycles. The van der Waals surface area contributed by atoms with Crippen LogP contribution in [0.15, 0.2) is 18.2 Å². The summed E-state index contributed by atoms with van der Waals surface area (Å²) in [7, 11) is 0. The summed E-state index contributed by atoms with van der Waals surface area (Å²) in [5, 5.41) is 19.8. The molecule has 0 unspecified atom stereocenters. The predicted octanol–water partition coefficient (Wildman–Crippen LogP) is 1.65. The second kappa shape index (κ2) is 5.55. The van der Waals surface area contributed by atoms with E-state index in [0.29, 0.717) is 24.4 Å². The molecule has 7 heteroatoms. The number of aliphatic carboxylic acids is 1. The van der Waals surface area contributed by atoms with Gasteiger partial charge < -0.3 is 5.11 Å². The second-order valence-corrected chi connectivity index (χ2v) is 4.18. The number of aryl methyl sites for hydroxylation is 2. The van der Waals surface area contributed by atoms with Crippen molar-refractivity contribution in [1.29, 1.82) is 0 Å². The fourth-order valence-electron chi connectivity index (χ4n) is 1.76. The summed E-state index contributed by atoms with van der Waals surface area (Å²) >= 11 is 0. The minimum Gasteiger partial charge on any atom is -0.481 e. The molecule has 0 amide bonds. The van der Waals surface area contributed by atoms with Crippen molar-refractivity contribution in [2.24, 2.45) is 0 Å². The number of carboxylic acids is 1. The Hall–Kier alpha value is -2.31. The maximum Gasteiger partial charge on any atom is 0.303 e. The lowest BCUT2D eigenvalue weighted by Gasteiger charge is -2.06. The summed E-state index contributed by atoms with van der Waals surface area (Å²) in [6.45, 7) is 2.22. The van der Waals surface area contributed by atoms with Gasteiger partial charge in [0, 0.05) is 18.5 Å². The molecule has 0 saturated carbocycles. The summed E-state index contributed by atoms with van der Waals surface area (Å²) in [5.74, 6) is -0.778. The molecule has 0 saturated heterocycles. The van der Waals surface area contributed by atoms with Gasteiger partial charge in [0.2, 0.25) is 0 Å². The molecule has 0 aliphatic heterocycles. The first kappa shape index (κ1) is 13.1. The van der Waals surface area contributed by atoms with E-state index in [-0.39, 0.29) is 12.2 Å². The molecule has 0 aliphatic rings. The average Bonchev–Trinajstić information content (AvgIpc) is 2.80. The van der Waals surface area contributed by atoms with E-state index >= 15 is 0 Å². The van der Waals surface area contributed by atoms with Crippen molar-refractivity contribution in [3.63, 3.8) is 0 Å². The zero-order valence-electron chi connectivity index (χ0n) is 10.4. The summed E-state index contributed by atoms with van der Waals surface area (Å²) in [4.78, 5) is 10.5. The number of aromatic nitrogens is 4. The van der Waals surface area contributed by atoms with Crippen molar-refractivity contribution in [3.8, 4) is 11.4 Å². The zero-order valence-corrected chi connectivity index (χ0v) is 10.4. The molecule has 0 bridgehead atoms. The summed E-state index contributed by atoms with van der Waals surface area (Å²) < 4.78 is 14.8. The topological polar surface area (TPSA) is 80.9 Å². The van der Waals surface area contributed by atoms with Crippen molar-refractivity contribution in [3.05, 3.63) is 29.6 Å². The molecule has 0 spiro atoms. The van der Waals surface area contributed by atoms with Gasteiger partial charge in [0.1, 0.15) is 5.82 Å². The van der Waals surface area contributed by atoms with Crippen molar-refractivity contribution in [2.75, 3.05) is 0 Å². The molecule has 0 aliphatic carbocycles. The van der Waals surface area contributed by atoms with Crippen molar-refractivity contribution in [1.82, 2.24) is 20.2 Å². The van der Waals surface area contributed by atoms with E-state index in [2.05, 4.69) is 15.5 Å². The highest BCUT2D eigenvalue weighted by atomic mass is 19.1. The van der Waals surface area contributed by atoms with Crippen LogP contribution in [0.4, 0.5) is 4.39 Å². The highest BCUT2D eigenvalue weighted by molar-refractivity contribution is 5.66. The van der Waals surface area contributed by atoms with E-state index in [9.17, 15) is 9.18 Å². The van der Waals surface area contributed by atoms with Crippen molar-refractivity contribution < 1.29 is 14.3 Å². The molecule has 1 aromatic carbocycles. The molecule has 6 nitrogen and oxygen atoms in total. The molecule has 100 valence electrons. The third-order valence-electron chi connectivity index (χ3n) is 2.73. The van der Waals surface area contributed by atoms with Crippen LogP contribution in [0.5, 0.6) is 0 Å². The van der Waals surface area contributed by atoms with Crippen LogP contribution in [-0.2, 0) is 11.3 Å². The van der Waals surface area contributed by atoms with Crippen LogP contribution in [0.3, 0.4) is 0 Å². The summed E-state index contributed by atoms with van der Waals surface area (Å²) in [6, 6.07) is 4.40. The van der Waals surface area contributed by atoms with Gasteiger partial charge in [-0.2, -0.15) is 0 Å². The molecule has 2 aromatic rings. The van der Waals surface area contributed by atoms with Gasteiger partial charge in [-0.15, -0.1) is 5.10 Å². The SMILES string of the molecule is Cc1ccc(F)cc1-c1nnnn1CCCC(=O)O. The third kappa shape index (κ3) is 3.12. The van der Waals surface area contributed by atoms with Crippen molar-refractivity contribution >= 4 is 5.97 Å². The minimum absolute atomic E-state index is 0.0431. The number of hydrogen-bond donors (Lipinski definition) is 1. The number of carbonyl (C=O) groups is 1. The largest absolute Gasteiger partial charge is 0.481 e. The van der Waals surface area contributed by atoms with Crippen LogP contribution in [-0.4, -0.2) is 31.3 Å².